The summed E-state index contributed by atoms with van der Waals surface area (Å²) >= 11 is 7.19. The van der Waals surface area contributed by atoms with E-state index >= 15 is 0 Å². The van der Waals surface area contributed by atoms with Gasteiger partial charge in [-0.1, -0.05) is 32.4 Å². The van der Waals surface area contributed by atoms with Crippen LogP contribution in [-0.4, -0.2) is 29.5 Å². The monoisotopic (exact) mass is 411 g/mol. The first-order valence-corrected chi connectivity index (χ1v) is 11.0. The predicted octanol–water partition coefficient (Wildman–Crippen LogP) is 5.47. The number of amides is 1. The molecule has 0 atom stereocenters. The second-order valence-corrected chi connectivity index (χ2v) is 9.75. The Balaban J connectivity index is 1.65. The van der Waals surface area contributed by atoms with E-state index in [4.69, 9.17) is 16.3 Å². The first kappa shape index (κ1) is 22.1. The minimum Gasteiger partial charge on any atom is -0.462 e. The lowest BCUT2D eigenvalue weighted by molar-refractivity contribution is -0.148. The van der Waals surface area contributed by atoms with E-state index in [1.165, 1.54) is 11.8 Å². The van der Waals surface area contributed by atoms with Crippen LogP contribution in [0.4, 0.5) is 5.69 Å². The van der Waals surface area contributed by atoms with Crippen LogP contribution in [0.3, 0.4) is 0 Å². The zero-order valence-corrected chi connectivity index (χ0v) is 18.2. The Morgan fingerprint density at radius 1 is 1.19 bits per heavy atom. The van der Waals surface area contributed by atoms with Crippen LogP contribution in [0.25, 0.3) is 0 Å². The normalized spacial score (nSPS) is 20.2. The molecule has 0 aromatic heterocycles. The molecular formula is C21H30ClNO3S. The van der Waals surface area contributed by atoms with Crippen molar-refractivity contribution < 1.29 is 14.3 Å². The van der Waals surface area contributed by atoms with E-state index in [0.29, 0.717) is 16.4 Å². The highest BCUT2D eigenvalue weighted by Gasteiger charge is 2.31. The Morgan fingerprint density at radius 3 is 2.44 bits per heavy atom. The number of hydrogen-bond acceptors (Lipinski definition) is 4. The van der Waals surface area contributed by atoms with Gasteiger partial charge in [0, 0.05) is 10.7 Å². The minimum atomic E-state index is -0.227. The third-order valence-corrected chi connectivity index (χ3v) is 6.25. The first-order chi connectivity index (χ1) is 12.6. The summed E-state index contributed by atoms with van der Waals surface area (Å²) in [7, 11) is 0. The highest BCUT2D eigenvalue weighted by molar-refractivity contribution is 8.00. The maximum atomic E-state index is 12.0. The van der Waals surface area contributed by atoms with Crippen molar-refractivity contribution >= 4 is 40.9 Å². The molecule has 0 unspecified atom stereocenters. The third-order valence-electron chi connectivity index (χ3n) is 5.11. The van der Waals surface area contributed by atoms with Gasteiger partial charge in [0.05, 0.1) is 11.5 Å². The second kappa shape index (κ2) is 9.83. The van der Waals surface area contributed by atoms with Gasteiger partial charge in [-0.2, -0.15) is 0 Å². The van der Waals surface area contributed by atoms with Gasteiger partial charge in [-0.15, -0.1) is 11.8 Å². The van der Waals surface area contributed by atoms with Gasteiger partial charge in [-0.25, -0.2) is 0 Å². The fourth-order valence-electron chi connectivity index (χ4n) is 3.45. The highest BCUT2D eigenvalue weighted by Crippen LogP contribution is 2.38. The third kappa shape index (κ3) is 7.38. The quantitative estimate of drug-likeness (QED) is 0.630. The molecule has 1 saturated carbocycles. The molecule has 0 bridgehead atoms. The Bertz CT molecular complexity index is 664. The van der Waals surface area contributed by atoms with Crippen LogP contribution in [-0.2, 0) is 14.3 Å². The summed E-state index contributed by atoms with van der Waals surface area (Å²) in [5.41, 5.74) is 1.97. The molecule has 1 fully saturated rings. The van der Waals surface area contributed by atoms with Gasteiger partial charge in [0.15, 0.2) is 0 Å². The molecule has 1 amide bonds. The van der Waals surface area contributed by atoms with Gasteiger partial charge < -0.3 is 10.1 Å². The Kier molecular flexibility index (Phi) is 8.04. The number of rotatable bonds is 6. The zero-order valence-electron chi connectivity index (χ0n) is 16.6. The number of ether oxygens (including phenoxy) is 1. The number of anilines is 1. The SMILES string of the molecule is Cc1cc(Cl)ccc1NC(=O)CSCC(=O)OC1CCC(C(C)(C)C)CC1. The van der Waals surface area contributed by atoms with E-state index in [1.807, 2.05) is 6.92 Å². The van der Waals surface area contributed by atoms with Gasteiger partial charge in [0.25, 0.3) is 0 Å². The molecule has 0 heterocycles. The zero-order chi connectivity index (χ0) is 20.0. The van der Waals surface area contributed by atoms with E-state index in [9.17, 15) is 9.59 Å². The number of halogens is 1. The van der Waals surface area contributed by atoms with Crippen molar-refractivity contribution in [1.29, 1.82) is 0 Å². The number of carbonyl (C=O) groups excluding carboxylic acids is 2. The van der Waals surface area contributed by atoms with Crippen molar-refractivity contribution in [1.82, 2.24) is 0 Å². The molecule has 1 aromatic carbocycles. The largest absolute Gasteiger partial charge is 0.462 e. The lowest BCUT2D eigenvalue weighted by Crippen LogP contribution is -2.30. The first-order valence-electron chi connectivity index (χ1n) is 9.48. The van der Waals surface area contributed by atoms with Crippen LogP contribution in [0.5, 0.6) is 0 Å². The molecule has 150 valence electrons. The van der Waals surface area contributed by atoms with Crippen molar-refractivity contribution in [2.24, 2.45) is 11.3 Å². The Morgan fingerprint density at radius 2 is 1.85 bits per heavy atom. The van der Waals surface area contributed by atoms with Gasteiger partial charge in [-0.05, 0) is 67.7 Å². The highest BCUT2D eigenvalue weighted by atomic mass is 35.5. The number of thioether (sulfide) groups is 1. The number of benzene rings is 1. The van der Waals surface area contributed by atoms with Crippen LogP contribution >= 0.6 is 23.4 Å². The number of hydrogen-bond donors (Lipinski definition) is 1. The van der Waals surface area contributed by atoms with Crippen molar-refractivity contribution in [2.45, 2.75) is 59.5 Å². The van der Waals surface area contributed by atoms with E-state index in [-0.39, 0.29) is 29.5 Å². The summed E-state index contributed by atoms with van der Waals surface area (Å²) in [6.45, 7) is 8.71. The van der Waals surface area contributed by atoms with Crippen LogP contribution in [0, 0.1) is 18.3 Å². The molecule has 6 heteroatoms. The second-order valence-electron chi connectivity index (χ2n) is 8.33. The summed E-state index contributed by atoms with van der Waals surface area (Å²) in [6.07, 6.45) is 4.13. The molecule has 0 radical (unpaired) electrons. The Labute approximate surface area is 171 Å². The average Bonchev–Trinajstić information content (AvgIpc) is 2.57. The van der Waals surface area contributed by atoms with Gasteiger partial charge >= 0.3 is 5.97 Å². The van der Waals surface area contributed by atoms with Gasteiger partial charge in [-0.3, -0.25) is 9.59 Å². The molecule has 2 rings (SSSR count). The maximum absolute atomic E-state index is 12.0. The van der Waals surface area contributed by atoms with E-state index in [0.717, 1.165) is 36.9 Å². The summed E-state index contributed by atoms with van der Waals surface area (Å²) in [6, 6.07) is 5.32. The molecule has 1 aromatic rings. The van der Waals surface area contributed by atoms with Gasteiger partial charge in [0.2, 0.25) is 5.91 Å². The average molecular weight is 412 g/mol. The summed E-state index contributed by atoms with van der Waals surface area (Å²) in [5.74, 6) is 0.751. The van der Waals surface area contributed by atoms with Crippen molar-refractivity contribution in [3.63, 3.8) is 0 Å². The lowest BCUT2D eigenvalue weighted by Gasteiger charge is -2.36. The Hall–Kier alpha value is -1.20. The molecule has 0 spiro atoms. The van der Waals surface area contributed by atoms with E-state index < -0.39 is 0 Å². The molecular weight excluding hydrogens is 382 g/mol. The molecule has 4 nitrogen and oxygen atoms in total. The van der Waals surface area contributed by atoms with Crippen molar-refractivity contribution in [3.8, 4) is 0 Å². The molecule has 1 aliphatic carbocycles. The minimum absolute atomic E-state index is 0.0299. The lowest BCUT2D eigenvalue weighted by atomic mass is 9.72. The van der Waals surface area contributed by atoms with Crippen molar-refractivity contribution in [3.05, 3.63) is 28.8 Å². The molecule has 0 saturated heterocycles. The van der Waals surface area contributed by atoms with Crippen LogP contribution in [0.15, 0.2) is 18.2 Å². The van der Waals surface area contributed by atoms with E-state index in [2.05, 4.69) is 26.1 Å². The topological polar surface area (TPSA) is 55.4 Å². The maximum Gasteiger partial charge on any atom is 0.316 e. The molecule has 1 N–H and O–H groups in total. The summed E-state index contributed by atoms with van der Waals surface area (Å²) in [4.78, 5) is 24.1. The number of nitrogens with one attached hydrogen (secondary N) is 1. The summed E-state index contributed by atoms with van der Waals surface area (Å²) in [5, 5.41) is 3.48. The standard InChI is InChI=1S/C21H30ClNO3S/c1-14-11-16(22)7-10-18(14)23-19(24)12-27-13-20(25)26-17-8-5-15(6-9-17)21(2,3)4/h7,10-11,15,17H,5-6,8-9,12-13H2,1-4H3,(H,23,24). The van der Waals surface area contributed by atoms with Crippen LogP contribution < -0.4 is 5.32 Å². The molecule has 1 aliphatic rings. The summed E-state index contributed by atoms with van der Waals surface area (Å²) < 4.78 is 5.58. The fraction of sp³-hybridized carbons (Fsp3) is 0.619. The van der Waals surface area contributed by atoms with Crippen LogP contribution in [0.1, 0.15) is 52.0 Å². The van der Waals surface area contributed by atoms with Crippen LogP contribution in [0.2, 0.25) is 5.02 Å². The number of carbonyl (C=O) groups is 2. The predicted molar refractivity (Wildman–Crippen MR) is 113 cm³/mol. The van der Waals surface area contributed by atoms with E-state index in [1.54, 1.807) is 18.2 Å². The van der Waals surface area contributed by atoms with Gasteiger partial charge in [0.1, 0.15) is 6.10 Å². The fourth-order valence-corrected chi connectivity index (χ4v) is 4.27. The smallest absolute Gasteiger partial charge is 0.316 e. The molecule has 0 aliphatic heterocycles. The molecule has 27 heavy (non-hydrogen) atoms. The van der Waals surface area contributed by atoms with Crippen molar-refractivity contribution in [2.75, 3.05) is 16.8 Å². The number of aryl methyl sites for hydroxylation is 1. The number of esters is 1.